The topological polar surface area (TPSA) is 17.1 Å². The number of ketones is 1. The van der Waals surface area contributed by atoms with Gasteiger partial charge in [-0.3, -0.25) is 4.79 Å². The Labute approximate surface area is 133 Å². The third-order valence-corrected chi connectivity index (χ3v) is 4.21. The molecule has 0 saturated heterocycles. The molecule has 25 heavy (non-hydrogen) atoms. The fourth-order valence-corrected chi connectivity index (χ4v) is 2.98. The lowest BCUT2D eigenvalue weighted by atomic mass is 9.76. The molecule has 0 fully saturated rings. The molecule has 0 spiro atoms. The molecular weight excluding hydrogens is 367 g/mol. The lowest BCUT2D eigenvalue weighted by Gasteiger charge is -2.33. The molecule has 10 heteroatoms. The van der Waals surface area contributed by atoms with Gasteiger partial charge in [0.25, 0.3) is 0 Å². The van der Waals surface area contributed by atoms with Gasteiger partial charge in [0, 0.05) is 11.5 Å². The first-order chi connectivity index (χ1) is 11.5. The minimum absolute atomic E-state index is 0.309. The van der Waals surface area contributed by atoms with Crippen molar-refractivity contribution in [2.45, 2.75) is 18.3 Å². The normalized spacial score (nSPS) is 29.2. The summed E-state index contributed by atoms with van der Waals surface area (Å²) in [5, 5.41) is 0. The van der Waals surface area contributed by atoms with Crippen LogP contribution in [0.2, 0.25) is 0 Å². The number of carbonyl (C=O) groups excluding carboxylic acids is 1. The summed E-state index contributed by atoms with van der Waals surface area (Å²) < 4.78 is 124. The average molecular weight is 372 g/mol. The standard InChI is InChI=1S/C15H5F9O/c16-4-1-3-2-5(17)14(25)15(3,24)13(23)6(4)7-8(18)10(20)12(22)11(21)9(7)19/h2-4H,1H2/t3-,4+,15-/m0/s1. The quantitative estimate of drug-likeness (QED) is 0.401. The predicted octanol–water partition coefficient (Wildman–Crippen LogP) is 4.57. The summed E-state index contributed by atoms with van der Waals surface area (Å²) in [6.45, 7) is 0. The van der Waals surface area contributed by atoms with E-state index in [2.05, 4.69) is 0 Å². The van der Waals surface area contributed by atoms with Crippen molar-refractivity contribution in [2.24, 2.45) is 5.92 Å². The van der Waals surface area contributed by atoms with Gasteiger partial charge in [0.15, 0.2) is 34.9 Å². The smallest absolute Gasteiger partial charge is 0.235 e. The highest BCUT2D eigenvalue weighted by molar-refractivity contribution is 6.07. The zero-order valence-corrected chi connectivity index (χ0v) is 11.7. The van der Waals surface area contributed by atoms with Gasteiger partial charge in [-0.25, -0.2) is 39.5 Å². The van der Waals surface area contributed by atoms with Crippen LogP contribution < -0.4 is 0 Å². The van der Waals surface area contributed by atoms with E-state index in [0.29, 0.717) is 6.08 Å². The molecule has 0 radical (unpaired) electrons. The lowest BCUT2D eigenvalue weighted by Crippen LogP contribution is -2.43. The van der Waals surface area contributed by atoms with E-state index in [-0.39, 0.29) is 0 Å². The molecule has 0 amide bonds. The van der Waals surface area contributed by atoms with E-state index in [1.807, 2.05) is 0 Å². The van der Waals surface area contributed by atoms with Gasteiger partial charge in [-0.1, -0.05) is 0 Å². The molecule has 0 heterocycles. The maximum Gasteiger partial charge on any atom is 0.235 e. The number of rotatable bonds is 1. The van der Waals surface area contributed by atoms with Crippen molar-refractivity contribution in [1.29, 1.82) is 0 Å². The Kier molecular flexibility index (Phi) is 3.77. The molecule has 0 N–H and O–H groups in total. The molecule has 3 rings (SSSR count). The summed E-state index contributed by atoms with van der Waals surface area (Å²) in [5.74, 6) is -20.9. The molecule has 1 aromatic rings. The van der Waals surface area contributed by atoms with Gasteiger partial charge in [-0.05, 0) is 12.5 Å². The highest BCUT2D eigenvalue weighted by Crippen LogP contribution is 2.52. The van der Waals surface area contributed by atoms with E-state index >= 15 is 0 Å². The van der Waals surface area contributed by atoms with Gasteiger partial charge in [0.05, 0.1) is 5.56 Å². The van der Waals surface area contributed by atoms with E-state index in [4.69, 9.17) is 0 Å². The maximum atomic E-state index is 14.7. The summed E-state index contributed by atoms with van der Waals surface area (Å²) in [6.07, 6.45) is -3.56. The van der Waals surface area contributed by atoms with E-state index in [1.165, 1.54) is 0 Å². The summed E-state index contributed by atoms with van der Waals surface area (Å²) in [5.41, 5.74) is -7.68. The summed E-state index contributed by atoms with van der Waals surface area (Å²) >= 11 is 0. The van der Waals surface area contributed by atoms with E-state index in [9.17, 15) is 44.3 Å². The van der Waals surface area contributed by atoms with E-state index in [1.54, 1.807) is 0 Å². The van der Waals surface area contributed by atoms with Crippen molar-refractivity contribution in [1.82, 2.24) is 0 Å². The number of alkyl halides is 2. The van der Waals surface area contributed by atoms with Crippen molar-refractivity contribution in [3.8, 4) is 0 Å². The van der Waals surface area contributed by atoms with Crippen molar-refractivity contribution < 1.29 is 44.3 Å². The third kappa shape index (κ3) is 2.09. The number of halogens is 9. The van der Waals surface area contributed by atoms with Crippen LogP contribution >= 0.6 is 0 Å². The van der Waals surface area contributed by atoms with Crippen molar-refractivity contribution in [3.63, 3.8) is 0 Å². The first-order valence-electron chi connectivity index (χ1n) is 6.70. The Bertz CT molecular complexity index is 843. The molecule has 1 nitrogen and oxygen atoms in total. The Hall–Kier alpha value is -2.26. The lowest BCUT2D eigenvalue weighted by molar-refractivity contribution is -0.127. The summed E-state index contributed by atoms with van der Waals surface area (Å²) in [6, 6.07) is 0. The largest absolute Gasteiger partial charge is 0.287 e. The Morgan fingerprint density at radius 1 is 0.880 bits per heavy atom. The second kappa shape index (κ2) is 5.37. The Balaban J connectivity index is 2.34. The van der Waals surface area contributed by atoms with Crippen molar-refractivity contribution in [2.75, 3.05) is 0 Å². The van der Waals surface area contributed by atoms with Crippen LogP contribution in [0.15, 0.2) is 17.7 Å². The van der Waals surface area contributed by atoms with Crippen LogP contribution in [0.4, 0.5) is 39.5 Å². The van der Waals surface area contributed by atoms with Gasteiger partial charge in [0.2, 0.25) is 17.3 Å². The minimum atomic E-state index is -3.80. The van der Waals surface area contributed by atoms with Crippen molar-refractivity contribution >= 4 is 11.4 Å². The molecule has 2 aliphatic carbocycles. The Morgan fingerprint density at radius 3 is 1.88 bits per heavy atom. The zero-order valence-electron chi connectivity index (χ0n) is 11.7. The number of benzene rings is 1. The van der Waals surface area contributed by atoms with Gasteiger partial charge in [-0.15, -0.1) is 0 Å². The van der Waals surface area contributed by atoms with Crippen LogP contribution in [0, 0.1) is 35.0 Å². The number of allylic oxidation sites excluding steroid dienone is 4. The van der Waals surface area contributed by atoms with Crippen molar-refractivity contribution in [3.05, 3.63) is 52.4 Å². The van der Waals surface area contributed by atoms with Gasteiger partial charge >= 0.3 is 0 Å². The molecule has 3 atom stereocenters. The molecule has 0 aromatic heterocycles. The highest BCUT2D eigenvalue weighted by Gasteiger charge is 2.60. The molecule has 0 unspecified atom stereocenters. The van der Waals surface area contributed by atoms with Crippen LogP contribution in [0.25, 0.3) is 5.57 Å². The van der Waals surface area contributed by atoms with Crippen LogP contribution in [-0.2, 0) is 4.79 Å². The van der Waals surface area contributed by atoms with E-state index < -0.39 is 81.8 Å². The third-order valence-electron chi connectivity index (χ3n) is 4.21. The maximum absolute atomic E-state index is 14.7. The second-order valence-electron chi connectivity index (χ2n) is 5.54. The van der Waals surface area contributed by atoms with E-state index in [0.717, 1.165) is 0 Å². The molecule has 2 aliphatic rings. The van der Waals surface area contributed by atoms with Gasteiger partial charge in [0.1, 0.15) is 6.17 Å². The summed E-state index contributed by atoms with van der Waals surface area (Å²) in [4.78, 5) is 11.5. The average Bonchev–Trinajstić information content (AvgIpc) is 2.79. The molecule has 0 saturated carbocycles. The molecule has 134 valence electrons. The van der Waals surface area contributed by atoms with Gasteiger partial charge < -0.3 is 0 Å². The van der Waals surface area contributed by atoms with Crippen LogP contribution in [0.5, 0.6) is 0 Å². The number of hydrogen-bond donors (Lipinski definition) is 0. The zero-order chi connectivity index (χ0) is 18.8. The fourth-order valence-electron chi connectivity index (χ4n) is 2.98. The van der Waals surface area contributed by atoms with Crippen LogP contribution in [0.3, 0.4) is 0 Å². The first kappa shape index (κ1) is 17.6. The number of hydrogen-bond acceptors (Lipinski definition) is 1. The molecular formula is C15H5F9O. The molecule has 0 aliphatic heterocycles. The predicted molar refractivity (Wildman–Crippen MR) is 65.3 cm³/mol. The molecule has 1 aromatic carbocycles. The van der Waals surface area contributed by atoms with Crippen LogP contribution in [-0.4, -0.2) is 17.6 Å². The fraction of sp³-hybridized carbons (Fsp3) is 0.267. The molecule has 0 bridgehead atoms. The Morgan fingerprint density at radius 2 is 1.36 bits per heavy atom. The SMILES string of the molecule is O=C1C(F)=C[C@@H]2C[C@@H](F)C(c3c(F)c(F)c(F)c(F)c3F)=C(F)[C@]12F. The highest BCUT2D eigenvalue weighted by atomic mass is 19.2. The number of fused-ring (bicyclic) bond motifs is 1. The first-order valence-corrected chi connectivity index (χ1v) is 6.70. The summed E-state index contributed by atoms with van der Waals surface area (Å²) in [7, 11) is 0. The minimum Gasteiger partial charge on any atom is -0.287 e. The van der Waals surface area contributed by atoms with Gasteiger partial charge in [-0.2, -0.15) is 0 Å². The monoisotopic (exact) mass is 372 g/mol. The van der Waals surface area contributed by atoms with Crippen LogP contribution in [0.1, 0.15) is 12.0 Å². The number of Topliss-reactive ketones (excluding diaryl/α,β-unsaturated/α-hetero) is 1. The second-order valence-corrected chi connectivity index (χ2v) is 5.54. The number of carbonyl (C=O) groups is 1.